The second kappa shape index (κ2) is 4.08. The third-order valence-corrected chi connectivity index (χ3v) is 2.14. The topological polar surface area (TPSA) is 43.1 Å². The van der Waals surface area contributed by atoms with Crippen LogP contribution in [0.3, 0.4) is 0 Å². The van der Waals surface area contributed by atoms with Crippen LogP contribution in [0.25, 0.3) is 0 Å². The number of carbonyl (C=O) groups is 1. The fraction of sp³-hybridized carbons (Fsp3) is 0.364. The van der Waals surface area contributed by atoms with Gasteiger partial charge in [-0.05, 0) is 31.4 Å². The van der Waals surface area contributed by atoms with Crippen LogP contribution in [-0.2, 0) is 11.2 Å². The normalized spacial score (nSPS) is 10.0. The molecule has 0 saturated carbocycles. The third kappa shape index (κ3) is 2.90. The predicted molar refractivity (Wildman–Crippen MR) is 53.4 cm³/mol. The zero-order valence-corrected chi connectivity index (χ0v) is 8.13. The van der Waals surface area contributed by atoms with Gasteiger partial charge in [0.25, 0.3) is 0 Å². The fourth-order valence-electron chi connectivity index (χ4n) is 1.38. The number of hydrogen-bond acceptors (Lipinski definition) is 1. The first-order valence-electron chi connectivity index (χ1n) is 4.44. The molecule has 13 heavy (non-hydrogen) atoms. The minimum Gasteiger partial charge on any atom is -0.370 e. The Kier molecular flexibility index (Phi) is 3.07. The molecule has 0 saturated heterocycles. The average molecular weight is 177 g/mol. The van der Waals surface area contributed by atoms with Crippen LogP contribution in [0.5, 0.6) is 0 Å². The Hall–Kier alpha value is -1.31. The van der Waals surface area contributed by atoms with Gasteiger partial charge in [0, 0.05) is 6.42 Å². The summed E-state index contributed by atoms with van der Waals surface area (Å²) in [6.45, 7) is 4.12. The maximum absolute atomic E-state index is 10.6. The fourth-order valence-corrected chi connectivity index (χ4v) is 1.38. The van der Waals surface area contributed by atoms with Crippen LogP contribution < -0.4 is 5.73 Å². The van der Waals surface area contributed by atoms with E-state index in [0.717, 1.165) is 6.42 Å². The molecule has 0 fully saturated rings. The number of aryl methyl sites for hydroxylation is 3. The lowest BCUT2D eigenvalue weighted by Gasteiger charge is -2.04. The largest absolute Gasteiger partial charge is 0.370 e. The SMILES string of the molecule is Cc1ccc(CCC(N)=O)c(C)c1. The van der Waals surface area contributed by atoms with Gasteiger partial charge in [0.15, 0.2) is 0 Å². The summed E-state index contributed by atoms with van der Waals surface area (Å²) >= 11 is 0. The van der Waals surface area contributed by atoms with Gasteiger partial charge in [-0.25, -0.2) is 0 Å². The molecule has 1 amide bonds. The molecular formula is C11H15NO. The smallest absolute Gasteiger partial charge is 0.217 e. The standard InChI is InChI=1S/C11H15NO/c1-8-3-4-10(9(2)7-8)5-6-11(12)13/h3-4,7H,5-6H2,1-2H3,(H2,12,13). The van der Waals surface area contributed by atoms with Gasteiger partial charge in [-0.15, -0.1) is 0 Å². The average Bonchev–Trinajstić information content (AvgIpc) is 2.02. The number of amides is 1. The molecule has 0 bridgehead atoms. The Morgan fingerprint density at radius 1 is 1.38 bits per heavy atom. The Labute approximate surface area is 78.8 Å². The van der Waals surface area contributed by atoms with Crippen LogP contribution in [-0.4, -0.2) is 5.91 Å². The summed E-state index contributed by atoms with van der Waals surface area (Å²) < 4.78 is 0. The van der Waals surface area contributed by atoms with Gasteiger partial charge in [-0.1, -0.05) is 23.8 Å². The van der Waals surface area contributed by atoms with Crippen molar-refractivity contribution < 1.29 is 4.79 Å². The highest BCUT2D eigenvalue weighted by molar-refractivity contribution is 5.74. The van der Waals surface area contributed by atoms with Crippen LogP contribution >= 0.6 is 0 Å². The van der Waals surface area contributed by atoms with E-state index in [1.54, 1.807) is 0 Å². The molecule has 2 nitrogen and oxygen atoms in total. The Morgan fingerprint density at radius 2 is 2.08 bits per heavy atom. The molecule has 0 atom stereocenters. The van der Waals surface area contributed by atoms with E-state index in [4.69, 9.17) is 5.73 Å². The molecule has 0 spiro atoms. The van der Waals surface area contributed by atoms with Gasteiger partial charge < -0.3 is 5.73 Å². The highest BCUT2D eigenvalue weighted by Gasteiger charge is 2.00. The summed E-state index contributed by atoms with van der Waals surface area (Å²) in [4.78, 5) is 10.6. The van der Waals surface area contributed by atoms with Crippen molar-refractivity contribution in [2.24, 2.45) is 5.73 Å². The molecule has 1 rings (SSSR count). The lowest BCUT2D eigenvalue weighted by molar-refractivity contribution is -0.117. The van der Waals surface area contributed by atoms with Crippen molar-refractivity contribution in [1.29, 1.82) is 0 Å². The van der Waals surface area contributed by atoms with E-state index < -0.39 is 0 Å². The minimum absolute atomic E-state index is 0.236. The predicted octanol–water partition coefficient (Wildman–Crippen LogP) is 1.72. The van der Waals surface area contributed by atoms with Crippen LogP contribution in [0.4, 0.5) is 0 Å². The summed E-state index contributed by atoms with van der Waals surface area (Å²) in [6.07, 6.45) is 1.19. The molecule has 0 aliphatic carbocycles. The van der Waals surface area contributed by atoms with Gasteiger partial charge in [0.2, 0.25) is 5.91 Å². The number of hydrogen-bond donors (Lipinski definition) is 1. The van der Waals surface area contributed by atoms with E-state index in [2.05, 4.69) is 32.0 Å². The highest BCUT2D eigenvalue weighted by Crippen LogP contribution is 2.12. The molecule has 0 unspecified atom stereocenters. The monoisotopic (exact) mass is 177 g/mol. The maximum atomic E-state index is 10.6. The number of rotatable bonds is 3. The zero-order chi connectivity index (χ0) is 9.84. The first kappa shape index (κ1) is 9.78. The van der Waals surface area contributed by atoms with Crippen molar-refractivity contribution in [2.45, 2.75) is 26.7 Å². The van der Waals surface area contributed by atoms with E-state index in [0.29, 0.717) is 6.42 Å². The molecular weight excluding hydrogens is 162 g/mol. The summed E-state index contributed by atoms with van der Waals surface area (Å²) in [7, 11) is 0. The van der Waals surface area contributed by atoms with E-state index in [1.165, 1.54) is 16.7 Å². The number of benzene rings is 1. The first-order chi connectivity index (χ1) is 6.09. The molecule has 0 heterocycles. The Bertz CT molecular complexity index is 318. The van der Waals surface area contributed by atoms with Crippen molar-refractivity contribution in [3.05, 3.63) is 34.9 Å². The third-order valence-electron chi connectivity index (χ3n) is 2.14. The van der Waals surface area contributed by atoms with Crippen LogP contribution in [0, 0.1) is 13.8 Å². The molecule has 70 valence electrons. The minimum atomic E-state index is -0.236. The van der Waals surface area contributed by atoms with E-state index >= 15 is 0 Å². The molecule has 1 aromatic rings. The van der Waals surface area contributed by atoms with Crippen LogP contribution in [0.1, 0.15) is 23.1 Å². The van der Waals surface area contributed by atoms with Crippen molar-refractivity contribution in [2.75, 3.05) is 0 Å². The molecule has 0 aliphatic heterocycles. The molecule has 2 heteroatoms. The second-order valence-electron chi connectivity index (χ2n) is 3.40. The van der Waals surface area contributed by atoms with Crippen molar-refractivity contribution in [1.82, 2.24) is 0 Å². The molecule has 0 aromatic heterocycles. The molecule has 2 N–H and O–H groups in total. The second-order valence-corrected chi connectivity index (χ2v) is 3.40. The molecule has 1 aromatic carbocycles. The summed E-state index contributed by atoms with van der Waals surface area (Å²) in [6, 6.07) is 6.24. The summed E-state index contributed by atoms with van der Waals surface area (Å²) in [5.74, 6) is -0.236. The molecule has 0 aliphatic rings. The quantitative estimate of drug-likeness (QED) is 0.750. The van der Waals surface area contributed by atoms with Crippen LogP contribution in [0.15, 0.2) is 18.2 Å². The van der Waals surface area contributed by atoms with E-state index in [-0.39, 0.29) is 5.91 Å². The Morgan fingerprint density at radius 3 is 2.62 bits per heavy atom. The highest BCUT2D eigenvalue weighted by atomic mass is 16.1. The number of nitrogens with two attached hydrogens (primary N) is 1. The summed E-state index contributed by atoms with van der Waals surface area (Å²) in [5, 5.41) is 0. The van der Waals surface area contributed by atoms with E-state index in [9.17, 15) is 4.79 Å². The van der Waals surface area contributed by atoms with E-state index in [1.807, 2.05) is 0 Å². The number of primary amides is 1. The van der Waals surface area contributed by atoms with Gasteiger partial charge in [0.1, 0.15) is 0 Å². The Balaban J connectivity index is 2.72. The lowest BCUT2D eigenvalue weighted by atomic mass is 10.0. The van der Waals surface area contributed by atoms with Gasteiger partial charge in [0.05, 0.1) is 0 Å². The molecule has 0 radical (unpaired) electrons. The zero-order valence-electron chi connectivity index (χ0n) is 8.13. The van der Waals surface area contributed by atoms with Crippen molar-refractivity contribution in [3.63, 3.8) is 0 Å². The maximum Gasteiger partial charge on any atom is 0.217 e. The number of carbonyl (C=O) groups excluding carboxylic acids is 1. The lowest BCUT2D eigenvalue weighted by Crippen LogP contribution is -2.11. The summed E-state index contributed by atoms with van der Waals surface area (Å²) in [5.41, 5.74) is 8.78. The van der Waals surface area contributed by atoms with Gasteiger partial charge in [-0.2, -0.15) is 0 Å². The van der Waals surface area contributed by atoms with Gasteiger partial charge >= 0.3 is 0 Å². The van der Waals surface area contributed by atoms with Crippen molar-refractivity contribution >= 4 is 5.91 Å². The first-order valence-corrected chi connectivity index (χ1v) is 4.44. The van der Waals surface area contributed by atoms with Gasteiger partial charge in [-0.3, -0.25) is 4.79 Å². The van der Waals surface area contributed by atoms with Crippen LogP contribution in [0.2, 0.25) is 0 Å². The van der Waals surface area contributed by atoms with Crippen molar-refractivity contribution in [3.8, 4) is 0 Å².